The molecule has 3 aromatic rings. The van der Waals surface area contributed by atoms with Gasteiger partial charge in [-0.25, -0.2) is 8.78 Å². The van der Waals surface area contributed by atoms with Crippen molar-refractivity contribution < 1.29 is 22.8 Å². The van der Waals surface area contributed by atoms with E-state index < -0.39 is 0 Å². The van der Waals surface area contributed by atoms with Crippen LogP contribution >= 0.6 is 0 Å². The maximum absolute atomic E-state index is 13.3. The van der Waals surface area contributed by atoms with Crippen LogP contribution < -0.4 is 0 Å². The Morgan fingerprint density at radius 1 is 0.844 bits per heavy atom. The molecule has 0 aliphatic heterocycles. The van der Waals surface area contributed by atoms with Gasteiger partial charge in [-0.2, -0.15) is 0 Å². The molecule has 1 aromatic heterocycles. The van der Waals surface area contributed by atoms with Gasteiger partial charge in [0.05, 0.1) is 19.2 Å². The molecule has 0 atom stereocenters. The first-order chi connectivity index (χ1) is 15.3. The Morgan fingerprint density at radius 2 is 1.44 bits per heavy atom. The molecule has 0 aliphatic rings. The van der Waals surface area contributed by atoms with Crippen LogP contribution in [0.2, 0.25) is 0 Å². The van der Waals surface area contributed by atoms with E-state index in [1.54, 1.807) is 41.3 Å². The number of amides is 2. The van der Waals surface area contributed by atoms with Gasteiger partial charge in [0.15, 0.2) is 0 Å². The highest BCUT2D eigenvalue weighted by Gasteiger charge is 2.24. The first kappa shape index (κ1) is 23.2. The number of benzene rings is 2. The number of carbonyl (C=O) groups excluding carboxylic acids is 2. The van der Waals surface area contributed by atoms with E-state index >= 15 is 0 Å². The van der Waals surface area contributed by atoms with Gasteiger partial charge in [0.2, 0.25) is 11.8 Å². The molecule has 0 spiro atoms. The second-order valence-electron chi connectivity index (χ2n) is 7.87. The van der Waals surface area contributed by atoms with Gasteiger partial charge in [-0.15, -0.1) is 0 Å². The van der Waals surface area contributed by atoms with Crippen LogP contribution in [0.25, 0.3) is 0 Å². The van der Waals surface area contributed by atoms with Crippen molar-refractivity contribution in [2.45, 2.75) is 39.4 Å². The largest absolute Gasteiger partial charge is 0.467 e. The summed E-state index contributed by atoms with van der Waals surface area (Å²) in [4.78, 5) is 29.2. The van der Waals surface area contributed by atoms with E-state index in [4.69, 9.17) is 4.42 Å². The lowest BCUT2D eigenvalue weighted by atomic mass is 10.1. The van der Waals surface area contributed by atoms with Gasteiger partial charge in [0.1, 0.15) is 23.9 Å². The van der Waals surface area contributed by atoms with Crippen LogP contribution in [0, 0.1) is 11.6 Å². The Balaban J connectivity index is 1.74. The monoisotopic (exact) mass is 440 g/mol. The standard InChI is InChI=1S/C25H26F2N2O3/c1-18(2)29(24(30)14-19-5-9-21(26)10-6-19)17-25(31)28(16-23-4-3-13-32-23)15-20-7-11-22(27)12-8-20/h3-13,18H,14-17H2,1-2H3. The average Bonchev–Trinajstić information content (AvgIpc) is 3.27. The van der Waals surface area contributed by atoms with E-state index in [0.717, 1.165) is 5.56 Å². The minimum absolute atomic E-state index is 0.0713. The minimum atomic E-state index is -0.369. The van der Waals surface area contributed by atoms with Gasteiger partial charge in [0, 0.05) is 12.6 Å². The van der Waals surface area contributed by atoms with Crippen molar-refractivity contribution in [1.82, 2.24) is 9.80 Å². The molecule has 0 saturated carbocycles. The summed E-state index contributed by atoms with van der Waals surface area (Å²) in [5.74, 6) is -0.595. The molecule has 168 valence electrons. The Labute approximate surface area is 186 Å². The molecule has 1 heterocycles. The number of halogens is 2. The third-order valence-corrected chi connectivity index (χ3v) is 5.08. The Kier molecular flexibility index (Phi) is 7.76. The lowest BCUT2D eigenvalue weighted by Crippen LogP contribution is -2.46. The minimum Gasteiger partial charge on any atom is -0.467 e. The van der Waals surface area contributed by atoms with Gasteiger partial charge in [0.25, 0.3) is 0 Å². The van der Waals surface area contributed by atoms with Crippen LogP contribution in [0.3, 0.4) is 0 Å². The first-order valence-electron chi connectivity index (χ1n) is 10.4. The quantitative estimate of drug-likeness (QED) is 0.490. The van der Waals surface area contributed by atoms with E-state index in [1.165, 1.54) is 35.4 Å². The Hall–Kier alpha value is -3.48. The highest BCUT2D eigenvalue weighted by atomic mass is 19.1. The molecule has 7 heteroatoms. The number of rotatable bonds is 9. The summed E-state index contributed by atoms with van der Waals surface area (Å²) in [6, 6.07) is 15.0. The zero-order valence-corrected chi connectivity index (χ0v) is 18.1. The summed E-state index contributed by atoms with van der Waals surface area (Å²) in [5, 5.41) is 0. The SMILES string of the molecule is CC(C)N(CC(=O)N(Cc1ccc(F)cc1)Cc1ccco1)C(=O)Cc1ccc(F)cc1. The fraction of sp³-hybridized carbons (Fsp3) is 0.280. The Bertz CT molecular complexity index is 1020. The van der Waals surface area contributed by atoms with Gasteiger partial charge < -0.3 is 14.2 Å². The second-order valence-corrected chi connectivity index (χ2v) is 7.87. The molecule has 0 fully saturated rings. The number of furan rings is 1. The molecule has 0 aliphatic carbocycles. The highest BCUT2D eigenvalue weighted by Crippen LogP contribution is 2.14. The molecule has 5 nitrogen and oxygen atoms in total. The van der Waals surface area contributed by atoms with Crippen molar-refractivity contribution in [1.29, 1.82) is 0 Å². The Morgan fingerprint density at radius 3 is 1.97 bits per heavy atom. The lowest BCUT2D eigenvalue weighted by Gasteiger charge is -2.30. The number of hydrogen-bond donors (Lipinski definition) is 0. The maximum atomic E-state index is 13.3. The fourth-order valence-corrected chi connectivity index (χ4v) is 3.32. The maximum Gasteiger partial charge on any atom is 0.242 e. The highest BCUT2D eigenvalue weighted by molar-refractivity contribution is 5.86. The smallest absolute Gasteiger partial charge is 0.242 e. The molecule has 2 amide bonds. The second kappa shape index (κ2) is 10.7. The molecular weight excluding hydrogens is 414 g/mol. The van der Waals surface area contributed by atoms with Crippen molar-refractivity contribution in [2.75, 3.05) is 6.54 Å². The van der Waals surface area contributed by atoms with Gasteiger partial charge in [-0.1, -0.05) is 24.3 Å². The first-order valence-corrected chi connectivity index (χ1v) is 10.4. The van der Waals surface area contributed by atoms with E-state index in [2.05, 4.69) is 0 Å². The lowest BCUT2D eigenvalue weighted by molar-refractivity contribution is -0.142. The van der Waals surface area contributed by atoms with Crippen molar-refractivity contribution in [3.05, 3.63) is 95.4 Å². The van der Waals surface area contributed by atoms with Crippen LogP contribution in [0.4, 0.5) is 8.78 Å². The van der Waals surface area contributed by atoms with Crippen LogP contribution in [0.5, 0.6) is 0 Å². The zero-order chi connectivity index (χ0) is 23.1. The van der Waals surface area contributed by atoms with Gasteiger partial charge >= 0.3 is 0 Å². The predicted octanol–water partition coefficient (Wildman–Crippen LogP) is 4.57. The molecule has 2 aromatic carbocycles. The summed E-state index contributed by atoms with van der Waals surface area (Å²) in [7, 11) is 0. The summed E-state index contributed by atoms with van der Waals surface area (Å²) >= 11 is 0. The number of hydrogen-bond acceptors (Lipinski definition) is 3. The van der Waals surface area contributed by atoms with Crippen LogP contribution in [0.1, 0.15) is 30.7 Å². The number of nitrogens with zero attached hydrogens (tertiary/aromatic N) is 2. The van der Waals surface area contributed by atoms with Crippen LogP contribution in [0.15, 0.2) is 71.3 Å². The molecule has 3 rings (SSSR count). The van der Waals surface area contributed by atoms with Crippen molar-refractivity contribution >= 4 is 11.8 Å². The zero-order valence-electron chi connectivity index (χ0n) is 18.1. The fourth-order valence-electron chi connectivity index (χ4n) is 3.32. The van der Waals surface area contributed by atoms with Crippen molar-refractivity contribution in [3.8, 4) is 0 Å². The summed E-state index contributed by atoms with van der Waals surface area (Å²) in [6.07, 6.45) is 1.60. The summed E-state index contributed by atoms with van der Waals surface area (Å²) in [6.45, 7) is 4.04. The van der Waals surface area contributed by atoms with E-state index in [0.29, 0.717) is 11.3 Å². The predicted molar refractivity (Wildman–Crippen MR) is 116 cm³/mol. The average molecular weight is 440 g/mol. The van der Waals surface area contributed by atoms with E-state index in [1.807, 2.05) is 13.8 Å². The third kappa shape index (κ3) is 6.51. The van der Waals surface area contributed by atoms with Crippen molar-refractivity contribution in [3.63, 3.8) is 0 Å². The molecule has 0 radical (unpaired) electrons. The van der Waals surface area contributed by atoms with E-state index in [9.17, 15) is 18.4 Å². The normalized spacial score (nSPS) is 10.9. The molecule has 0 saturated heterocycles. The number of carbonyl (C=O) groups is 2. The van der Waals surface area contributed by atoms with Crippen LogP contribution in [-0.4, -0.2) is 34.2 Å². The summed E-state index contributed by atoms with van der Waals surface area (Å²) in [5.41, 5.74) is 1.44. The molecule has 0 N–H and O–H groups in total. The molecule has 0 bridgehead atoms. The van der Waals surface area contributed by atoms with Gasteiger partial charge in [-0.05, 0) is 61.4 Å². The summed E-state index contributed by atoms with van der Waals surface area (Å²) < 4.78 is 31.8. The topological polar surface area (TPSA) is 53.8 Å². The molecular formula is C25H26F2N2O3. The molecule has 0 unspecified atom stereocenters. The molecule has 32 heavy (non-hydrogen) atoms. The van der Waals surface area contributed by atoms with Crippen LogP contribution in [-0.2, 0) is 29.1 Å². The van der Waals surface area contributed by atoms with Crippen molar-refractivity contribution in [2.24, 2.45) is 0 Å². The van der Waals surface area contributed by atoms with Gasteiger partial charge in [-0.3, -0.25) is 9.59 Å². The van der Waals surface area contributed by atoms with E-state index in [-0.39, 0.29) is 55.5 Å². The third-order valence-electron chi connectivity index (χ3n) is 5.08.